The van der Waals surface area contributed by atoms with E-state index in [1.807, 2.05) is 32.0 Å². The summed E-state index contributed by atoms with van der Waals surface area (Å²) in [6.45, 7) is 3.84. The number of nitrogens with two attached hydrogens (primary N) is 1. The number of nitrogen functional groups attached to an aromatic ring is 1. The number of carboxylic acid groups (broad SMARTS) is 1. The second-order valence-corrected chi connectivity index (χ2v) is 10.7. The molecule has 1 aliphatic rings. The minimum atomic E-state index is -4.90. The molecular formula is C29H23N3O7S. The fraction of sp³-hybridized carbons (Fsp3) is 0.0690. The van der Waals surface area contributed by atoms with Gasteiger partial charge in [0.05, 0.1) is 33.8 Å². The van der Waals surface area contributed by atoms with Gasteiger partial charge in [-0.25, -0.2) is 4.79 Å². The van der Waals surface area contributed by atoms with Crippen molar-refractivity contribution in [2.24, 2.45) is 0 Å². The molecule has 40 heavy (non-hydrogen) atoms. The lowest BCUT2D eigenvalue weighted by atomic mass is 9.82. The Hall–Kier alpha value is -5.00. The van der Waals surface area contributed by atoms with Crippen LogP contribution in [0.15, 0.2) is 71.6 Å². The zero-order valence-electron chi connectivity index (χ0n) is 21.3. The zero-order valence-corrected chi connectivity index (χ0v) is 22.1. The maximum Gasteiger partial charge on any atom is 0.337 e. The first-order chi connectivity index (χ1) is 18.9. The number of hydrogen-bond acceptors (Lipinski definition) is 8. The lowest BCUT2D eigenvalue weighted by Crippen LogP contribution is -2.25. The Morgan fingerprint density at radius 3 is 2.08 bits per heavy atom. The summed E-state index contributed by atoms with van der Waals surface area (Å²) in [4.78, 5) is 38.3. The van der Waals surface area contributed by atoms with Crippen LogP contribution in [0.25, 0.3) is 0 Å². The number of carboxylic acids is 1. The molecule has 0 unspecified atom stereocenters. The number of aryl methyl sites for hydroxylation is 1. The molecule has 0 fully saturated rings. The number of aromatic carboxylic acids is 1. The molecule has 6 N–H and O–H groups in total. The Morgan fingerprint density at radius 2 is 1.45 bits per heavy atom. The van der Waals surface area contributed by atoms with Crippen LogP contribution in [0.3, 0.4) is 0 Å². The lowest BCUT2D eigenvalue weighted by Gasteiger charge is -2.24. The predicted molar refractivity (Wildman–Crippen MR) is 150 cm³/mol. The highest BCUT2D eigenvalue weighted by Gasteiger charge is 2.36. The molecule has 1 aliphatic carbocycles. The third-order valence-electron chi connectivity index (χ3n) is 6.88. The number of nitrogens with one attached hydrogen (secondary N) is 2. The average molecular weight is 558 g/mol. The van der Waals surface area contributed by atoms with E-state index in [1.165, 1.54) is 30.3 Å². The number of fused-ring (bicyclic) bond motifs is 2. The number of benzene rings is 4. The molecule has 0 aromatic heterocycles. The van der Waals surface area contributed by atoms with Gasteiger partial charge in [-0.05, 0) is 55.3 Å². The summed E-state index contributed by atoms with van der Waals surface area (Å²) in [6, 6.07) is 16.9. The topological polar surface area (TPSA) is 176 Å². The third-order valence-corrected chi connectivity index (χ3v) is 7.77. The van der Waals surface area contributed by atoms with Gasteiger partial charge in [0.1, 0.15) is 4.90 Å². The van der Waals surface area contributed by atoms with Crippen molar-refractivity contribution in [3.05, 3.63) is 106 Å². The van der Waals surface area contributed by atoms with E-state index in [0.29, 0.717) is 5.69 Å². The molecule has 0 aliphatic heterocycles. The van der Waals surface area contributed by atoms with Gasteiger partial charge in [0.2, 0.25) is 0 Å². The van der Waals surface area contributed by atoms with Crippen molar-refractivity contribution in [1.29, 1.82) is 0 Å². The Bertz CT molecular complexity index is 1880. The standard InChI is InChI=1S/C29H23N3O7S/c1-14-6-5-9-20(15(14)2)32-21-11-10-16(12-19(21)29(35)36)31-22-13-23(40(37,38)39)26(30)25-24(22)27(33)17-7-3-4-8-18(17)28(25)34/h3-13,31-32H,30H2,1-2H3,(H,35,36)(H,37,38,39). The number of carbonyl (C=O) groups excluding carboxylic acids is 2. The Labute approximate surface area is 229 Å². The SMILES string of the molecule is Cc1cccc(Nc2ccc(Nc3cc(S(=O)(=O)O)c(N)c4c3C(=O)c3ccccc3C4=O)cc2C(=O)O)c1C. The number of anilines is 5. The van der Waals surface area contributed by atoms with Gasteiger partial charge < -0.3 is 21.5 Å². The van der Waals surface area contributed by atoms with Gasteiger partial charge in [0.25, 0.3) is 10.1 Å². The molecule has 5 rings (SSSR count). The second-order valence-electron chi connectivity index (χ2n) is 9.33. The Kier molecular flexibility index (Phi) is 6.41. The van der Waals surface area contributed by atoms with Crippen LogP contribution in [0.5, 0.6) is 0 Å². The van der Waals surface area contributed by atoms with Crippen molar-refractivity contribution in [3.8, 4) is 0 Å². The van der Waals surface area contributed by atoms with Crippen molar-refractivity contribution in [2.75, 3.05) is 16.4 Å². The lowest BCUT2D eigenvalue weighted by molar-refractivity contribution is 0.0697. The van der Waals surface area contributed by atoms with E-state index in [2.05, 4.69) is 10.6 Å². The van der Waals surface area contributed by atoms with Crippen LogP contribution in [0.1, 0.15) is 53.3 Å². The van der Waals surface area contributed by atoms with Crippen molar-refractivity contribution in [1.82, 2.24) is 0 Å². The molecule has 0 saturated carbocycles. The molecule has 0 radical (unpaired) electrons. The highest BCUT2D eigenvalue weighted by atomic mass is 32.2. The van der Waals surface area contributed by atoms with Crippen LogP contribution in [0, 0.1) is 13.8 Å². The summed E-state index contributed by atoms with van der Waals surface area (Å²) in [5.74, 6) is -2.52. The fourth-order valence-electron chi connectivity index (χ4n) is 4.70. The summed E-state index contributed by atoms with van der Waals surface area (Å²) in [6.07, 6.45) is 0. The summed E-state index contributed by atoms with van der Waals surface area (Å²) in [5, 5.41) is 15.9. The quantitative estimate of drug-likeness (QED) is 0.140. The molecule has 4 aromatic rings. The number of hydrogen-bond donors (Lipinski definition) is 5. The van der Waals surface area contributed by atoms with E-state index in [4.69, 9.17) is 5.73 Å². The third kappa shape index (κ3) is 4.46. The second kappa shape index (κ2) is 9.63. The van der Waals surface area contributed by atoms with E-state index < -0.39 is 38.2 Å². The van der Waals surface area contributed by atoms with Crippen LogP contribution in [0.2, 0.25) is 0 Å². The highest BCUT2D eigenvalue weighted by molar-refractivity contribution is 7.86. The smallest absolute Gasteiger partial charge is 0.337 e. The van der Waals surface area contributed by atoms with Crippen molar-refractivity contribution in [3.63, 3.8) is 0 Å². The minimum Gasteiger partial charge on any atom is -0.478 e. The van der Waals surface area contributed by atoms with Gasteiger partial charge in [-0.3, -0.25) is 14.1 Å². The average Bonchev–Trinajstić information content (AvgIpc) is 2.90. The summed E-state index contributed by atoms with van der Waals surface area (Å²) in [5.41, 5.74) is 7.93. The molecule has 0 heterocycles. The van der Waals surface area contributed by atoms with E-state index in [-0.39, 0.29) is 39.2 Å². The summed E-state index contributed by atoms with van der Waals surface area (Å²) < 4.78 is 34.1. The van der Waals surface area contributed by atoms with Crippen molar-refractivity contribution in [2.45, 2.75) is 18.7 Å². The largest absolute Gasteiger partial charge is 0.478 e. The minimum absolute atomic E-state index is 0.0418. The predicted octanol–water partition coefficient (Wildman–Crippen LogP) is 5.09. The van der Waals surface area contributed by atoms with Crippen LogP contribution in [-0.2, 0) is 10.1 Å². The van der Waals surface area contributed by atoms with Gasteiger partial charge in [-0.1, -0.05) is 36.4 Å². The molecule has 0 atom stereocenters. The first kappa shape index (κ1) is 26.6. The molecule has 10 nitrogen and oxygen atoms in total. The first-order valence-electron chi connectivity index (χ1n) is 12.0. The van der Waals surface area contributed by atoms with Gasteiger partial charge in [-0.15, -0.1) is 0 Å². The normalized spacial score (nSPS) is 12.5. The maximum atomic E-state index is 13.5. The van der Waals surface area contributed by atoms with Crippen molar-refractivity contribution < 1.29 is 32.5 Å². The summed E-state index contributed by atoms with van der Waals surface area (Å²) in [7, 11) is -4.90. The van der Waals surface area contributed by atoms with Gasteiger partial charge in [-0.2, -0.15) is 8.42 Å². The van der Waals surface area contributed by atoms with E-state index in [0.717, 1.165) is 22.9 Å². The van der Waals surface area contributed by atoms with Crippen LogP contribution in [-0.4, -0.2) is 35.6 Å². The monoisotopic (exact) mass is 557 g/mol. The Balaban J connectivity index is 1.64. The maximum absolute atomic E-state index is 13.5. The Morgan fingerprint density at radius 1 is 0.800 bits per heavy atom. The molecule has 0 amide bonds. The van der Waals surface area contributed by atoms with E-state index in [9.17, 15) is 32.5 Å². The van der Waals surface area contributed by atoms with Crippen LogP contribution < -0.4 is 16.4 Å². The first-order valence-corrected chi connectivity index (χ1v) is 13.4. The van der Waals surface area contributed by atoms with Crippen molar-refractivity contribution >= 4 is 56.1 Å². The molecule has 4 aromatic carbocycles. The number of rotatable bonds is 6. The van der Waals surface area contributed by atoms with Crippen LogP contribution in [0.4, 0.5) is 28.4 Å². The van der Waals surface area contributed by atoms with E-state index in [1.54, 1.807) is 12.1 Å². The molecule has 0 bridgehead atoms. The highest BCUT2D eigenvalue weighted by Crippen LogP contribution is 2.40. The van der Waals surface area contributed by atoms with Gasteiger partial charge >= 0.3 is 5.97 Å². The number of ketones is 2. The van der Waals surface area contributed by atoms with Gasteiger partial charge in [0.15, 0.2) is 11.6 Å². The molecule has 0 spiro atoms. The molecule has 11 heteroatoms. The number of carbonyl (C=O) groups is 3. The fourth-order valence-corrected chi connectivity index (χ4v) is 5.35. The zero-order chi connectivity index (χ0) is 28.9. The summed E-state index contributed by atoms with van der Waals surface area (Å²) >= 11 is 0. The van der Waals surface area contributed by atoms with Gasteiger partial charge in [0, 0.05) is 22.5 Å². The molecular weight excluding hydrogens is 534 g/mol. The molecule has 202 valence electrons. The van der Waals surface area contributed by atoms with E-state index >= 15 is 0 Å². The molecule has 0 saturated heterocycles. The van der Waals surface area contributed by atoms with Crippen LogP contribution >= 0.6 is 0 Å².